The number of aryl methyl sites for hydroxylation is 1. The largest absolute Gasteiger partial charge is 0.491 e. The van der Waals surface area contributed by atoms with Crippen LogP contribution in [0, 0.1) is 6.92 Å². The number of hydrogen-bond acceptors (Lipinski definition) is 4. The molecule has 1 unspecified atom stereocenters. The number of nitrogens with one attached hydrogen (secondary N) is 1. The highest BCUT2D eigenvalue weighted by Crippen LogP contribution is 2.31. The van der Waals surface area contributed by atoms with Crippen LogP contribution in [0.4, 0.5) is 5.69 Å². The lowest BCUT2D eigenvalue weighted by Crippen LogP contribution is -2.12. The molecule has 21 heavy (non-hydrogen) atoms. The van der Waals surface area contributed by atoms with Crippen LogP contribution in [0.1, 0.15) is 37.7 Å². The first-order chi connectivity index (χ1) is 10.1. The van der Waals surface area contributed by atoms with Crippen molar-refractivity contribution in [3.05, 3.63) is 47.0 Å². The number of rotatable bonds is 6. The topological polar surface area (TPSA) is 47.0 Å². The molecule has 0 bridgehead atoms. The predicted octanol–water partition coefficient (Wildman–Crippen LogP) is 4.40. The molecule has 0 fully saturated rings. The molecular weight excluding hydrogens is 286 g/mol. The van der Waals surface area contributed by atoms with Crippen LogP contribution in [0.25, 0.3) is 0 Å². The molecule has 0 radical (unpaired) electrons. The van der Waals surface area contributed by atoms with E-state index in [1.165, 1.54) is 0 Å². The molecule has 2 aromatic rings. The van der Waals surface area contributed by atoms with Crippen LogP contribution in [0.15, 0.2) is 30.6 Å². The van der Waals surface area contributed by atoms with E-state index < -0.39 is 0 Å². The molecule has 0 saturated carbocycles. The van der Waals surface area contributed by atoms with Crippen molar-refractivity contribution >= 4 is 17.3 Å². The van der Waals surface area contributed by atoms with Gasteiger partial charge in [0, 0.05) is 17.4 Å². The summed E-state index contributed by atoms with van der Waals surface area (Å²) in [7, 11) is 0. The summed E-state index contributed by atoms with van der Waals surface area (Å²) < 4.78 is 5.75. The standard InChI is InChI=1S/C16H20ClN3O/c1-4-9-21-15-6-5-13(17)10-14(15)20-12(3)16-11(2)18-7-8-19-16/h5-8,10,12,20H,4,9H2,1-3H3. The summed E-state index contributed by atoms with van der Waals surface area (Å²) in [6, 6.07) is 5.60. The third-order valence-electron chi connectivity index (χ3n) is 3.10. The first-order valence-electron chi connectivity index (χ1n) is 7.08. The highest BCUT2D eigenvalue weighted by atomic mass is 35.5. The van der Waals surface area contributed by atoms with Gasteiger partial charge in [0.05, 0.1) is 29.7 Å². The molecule has 2 rings (SSSR count). The van der Waals surface area contributed by atoms with E-state index in [0.29, 0.717) is 11.6 Å². The lowest BCUT2D eigenvalue weighted by atomic mass is 10.1. The maximum Gasteiger partial charge on any atom is 0.142 e. The number of anilines is 1. The van der Waals surface area contributed by atoms with Crippen molar-refractivity contribution < 1.29 is 4.74 Å². The van der Waals surface area contributed by atoms with Crippen LogP contribution in [0.3, 0.4) is 0 Å². The van der Waals surface area contributed by atoms with Gasteiger partial charge < -0.3 is 10.1 Å². The Morgan fingerprint density at radius 3 is 2.76 bits per heavy atom. The maximum absolute atomic E-state index is 6.09. The first kappa shape index (κ1) is 15.6. The quantitative estimate of drug-likeness (QED) is 0.859. The second kappa shape index (κ2) is 7.27. The second-order valence-corrected chi connectivity index (χ2v) is 5.32. The Hall–Kier alpha value is -1.81. The van der Waals surface area contributed by atoms with Gasteiger partial charge >= 0.3 is 0 Å². The molecule has 1 atom stereocenters. The molecule has 1 aromatic carbocycles. The molecule has 1 heterocycles. The van der Waals surface area contributed by atoms with Crippen molar-refractivity contribution in [1.29, 1.82) is 0 Å². The summed E-state index contributed by atoms with van der Waals surface area (Å²) in [6.07, 6.45) is 4.36. The van der Waals surface area contributed by atoms with E-state index in [1.54, 1.807) is 12.4 Å². The zero-order chi connectivity index (χ0) is 15.2. The third kappa shape index (κ3) is 4.08. The van der Waals surface area contributed by atoms with Crippen molar-refractivity contribution in [3.8, 4) is 5.75 Å². The Labute approximate surface area is 130 Å². The maximum atomic E-state index is 6.09. The summed E-state index contributed by atoms with van der Waals surface area (Å²) in [5, 5.41) is 4.08. The molecule has 0 saturated heterocycles. The first-order valence-corrected chi connectivity index (χ1v) is 7.46. The van der Waals surface area contributed by atoms with Crippen molar-refractivity contribution in [2.45, 2.75) is 33.2 Å². The lowest BCUT2D eigenvalue weighted by molar-refractivity contribution is 0.318. The number of hydrogen-bond donors (Lipinski definition) is 1. The van der Waals surface area contributed by atoms with E-state index in [2.05, 4.69) is 22.2 Å². The molecule has 1 N–H and O–H groups in total. The van der Waals surface area contributed by atoms with Gasteiger partial charge in [-0.3, -0.25) is 9.97 Å². The van der Waals surface area contributed by atoms with E-state index in [4.69, 9.17) is 16.3 Å². The summed E-state index contributed by atoms with van der Waals surface area (Å²) in [5.41, 5.74) is 2.70. The Bertz CT molecular complexity index is 604. The van der Waals surface area contributed by atoms with Crippen LogP contribution in [-0.4, -0.2) is 16.6 Å². The minimum absolute atomic E-state index is 0.0149. The number of halogens is 1. The molecule has 112 valence electrons. The van der Waals surface area contributed by atoms with Gasteiger partial charge in [-0.15, -0.1) is 0 Å². The molecule has 4 nitrogen and oxygen atoms in total. The molecule has 0 aliphatic rings. The fourth-order valence-electron chi connectivity index (χ4n) is 2.10. The zero-order valence-electron chi connectivity index (χ0n) is 12.6. The van der Waals surface area contributed by atoms with Gasteiger partial charge in [-0.05, 0) is 38.5 Å². The van der Waals surface area contributed by atoms with E-state index in [1.807, 2.05) is 32.0 Å². The summed E-state index contributed by atoms with van der Waals surface area (Å²) in [5.74, 6) is 0.801. The molecule has 5 heteroatoms. The van der Waals surface area contributed by atoms with E-state index in [-0.39, 0.29) is 6.04 Å². The second-order valence-electron chi connectivity index (χ2n) is 4.88. The molecule has 0 aliphatic carbocycles. The average Bonchev–Trinajstić information content (AvgIpc) is 2.47. The van der Waals surface area contributed by atoms with Gasteiger partial charge in [0.1, 0.15) is 5.75 Å². The van der Waals surface area contributed by atoms with Gasteiger partial charge in [0.25, 0.3) is 0 Å². The molecule has 0 amide bonds. The van der Waals surface area contributed by atoms with Crippen LogP contribution in [0.5, 0.6) is 5.75 Å². The normalized spacial score (nSPS) is 12.0. The van der Waals surface area contributed by atoms with Crippen LogP contribution in [0.2, 0.25) is 5.02 Å². The Morgan fingerprint density at radius 1 is 1.29 bits per heavy atom. The smallest absolute Gasteiger partial charge is 0.142 e. The molecule has 0 aliphatic heterocycles. The number of nitrogens with zero attached hydrogens (tertiary/aromatic N) is 2. The van der Waals surface area contributed by atoms with Gasteiger partial charge in [-0.2, -0.15) is 0 Å². The highest BCUT2D eigenvalue weighted by molar-refractivity contribution is 6.30. The van der Waals surface area contributed by atoms with Crippen molar-refractivity contribution in [2.24, 2.45) is 0 Å². The molecular formula is C16H20ClN3O. The fraction of sp³-hybridized carbons (Fsp3) is 0.375. The number of benzene rings is 1. The van der Waals surface area contributed by atoms with Crippen LogP contribution >= 0.6 is 11.6 Å². The molecule has 0 spiro atoms. The van der Waals surface area contributed by atoms with Crippen molar-refractivity contribution in [2.75, 3.05) is 11.9 Å². The zero-order valence-corrected chi connectivity index (χ0v) is 13.3. The van der Waals surface area contributed by atoms with Crippen LogP contribution in [-0.2, 0) is 0 Å². The third-order valence-corrected chi connectivity index (χ3v) is 3.34. The van der Waals surface area contributed by atoms with Gasteiger partial charge in [0.2, 0.25) is 0 Å². The minimum atomic E-state index is 0.0149. The number of ether oxygens (including phenoxy) is 1. The predicted molar refractivity (Wildman–Crippen MR) is 86.0 cm³/mol. The Morgan fingerprint density at radius 2 is 2.05 bits per heavy atom. The van der Waals surface area contributed by atoms with Gasteiger partial charge in [0.15, 0.2) is 0 Å². The minimum Gasteiger partial charge on any atom is -0.491 e. The van der Waals surface area contributed by atoms with Crippen LogP contribution < -0.4 is 10.1 Å². The summed E-state index contributed by atoms with van der Waals surface area (Å²) in [4.78, 5) is 8.66. The fourth-order valence-corrected chi connectivity index (χ4v) is 2.27. The number of aromatic nitrogens is 2. The van der Waals surface area contributed by atoms with Crippen molar-refractivity contribution in [1.82, 2.24) is 9.97 Å². The SMILES string of the molecule is CCCOc1ccc(Cl)cc1NC(C)c1nccnc1C. The van der Waals surface area contributed by atoms with Gasteiger partial charge in [-0.25, -0.2) is 0 Å². The monoisotopic (exact) mass is 305 g/mol. The molecule has 1 aromatic heterocycles. The van der Waals surface area contributed by atoms with Gasteiger partial charge in [-0.1, -0.05) is 18.5 Å². The highest BCUT2D eigenvalue weighted by Gasteiger charge is 2.13. The van der Waals surface area contributed by atoms with Crippen molar-refractivity contribution in [3.63, 3.8) is 0 Å². The Kier molecular flexibility index (Phi) is 5.39. The summed E-state index contributed by atoms with van der Waals surface area (Å²) in [6.45, 7) is 6.75. The van der Waals surface area contributed by atoms with E-state index >= 15 is 0 Å². The average molecular weight is 306 g/mol. The Balaban J connectivity index is 2.21. The van der Waals surface area contributed by atoms with E-state index in [9.17, 15) is 0 Å². The van der Waals surface area contributed by atoms with E-state index in [0.717, 1.165) is 29.2 Å². The lowest BCUT2D eigenvalue weighted by Gasteiger charge is -2.19. The summed E-state index contributed by atoms with van der Waals surface area (Å²) >= 11 is 6.09.